The summed E-state index contributed by atoms with van der Waals surface area (Å²) in [6.45, 7) is 1.91. The highest BCUT2D eigenvalue weighted by Crippen LogP contribution is 2.47. The number of ether oxygens (including phenoxy) is 1. The van der Waals surface area contributed by atoms with Gasteiger partial charge >= 0.3 is 0 Å². The second-order valence-electron chi connectivity index (χ2n) is 8.31. The van der Waals surface area contributed by atoms with Gasteiger partial charge in [0.15, 0.2) is 5.96 Å². The molecule has 6 nitrogen and oxygen atoms in total. The summed E-state index contributed by atoms with van der Waals surface area (Å²) < 4.78 is 5.79. The number of nitriles is 1. The Bertz CT molecular complexity index is 1040. The van der Waals surface area contributed by atoms with E-state index in [1.807, 2.05) is 31.2 Å². The molecule has 0 unspecified atom stereocenters. The summed E-state index contributed by atoms with van der Waals surface area (Å²) in [5, 5.41) is 9.33. The van der Waals surface area contributed by atoms with Gasteiger partial charge in [-0.2, -0.15) is 5.26 Å². The number of carbonyl (C=O) groups is 1. The molecule has 0 aromatic heterocycles. The third kappa shape index (κ3) is 2.98. The molecule has 0 spiro atoms. The molecule has 30 heavy (non-hydrogen) atoms. The Morgan fingerprint density at radius 2 is 1.90 bits per heavy atom. The van der Waals surface area contributed by atoms with E-state index < -0.39 is 11.5 Å². The SMILES string of the molecule is COC1(c2ccc([C@@H]3C(=O)N(C)C(N)=N[C@]3(C)c3cccc(C#N)c3)cc2)CCC1. The molecule has 2 aromatic carbocycles. The van der Waals surface area contributed by atoms with E-state index in [1.54, 1.807) is 26.3 Å². The van der Waals surface area contributed by atoms with Crippen LogP contribution in [-0.2, 0) is 20.7 Å². The Labute approximate surface area is 177 Å². The average molecular weight is 402 g/mol. The molecular formula is C24H26N4O2. The number of methoxy groups -OCH3 is 1. The number of likely N-dealkylation sites (N-methyl/N-ethyl adjacent to an activating group) is 1. The Morgan fingerprint density at radius 1 is 1.20 bits per heavy atom. The van der Waals surface area contributed by atoms with Crippen molar-refractivity contribution in [2.24, 2.45) is 10.7 Å². The zero-order valence-electron chi connectivity index (χ0n) is 17.6. The van der Waals surface area contributed by atoms with E-state index in [9.17, 15) is 10.1 Å². The fourth-order valence-electron chi connectivity index (χ4n) is 4.61. The van der Waals surface area contributed by atoms with Crippen LogP contribution in [0.25, 0.3) is 0 Å². The highest BCUT2D eigenvalue weighted by atomic mass is 16.5. The number of hydrogen-bond donors (Lipinski definition) is 1. The van der Waals surface area contributed by atoms with Crippen LogP contribution in [0.3, 0.4) is 0 Å². The van der Waals surface area contributed by atoms with Gasteiger partial charge in [0.25, 0.3) is 0 Å². The van der Waals surface area contributed by atoms with Crippen LogP contribution in [0.5, 0.6) is 0 Å². The summed E-state index contributed by atoms with van der Waals surface area (Å²) in [5.41, 5.74) is 8.27. The third-order valence-electron chi connectivity index (χ3n) is 6.73. The van der Waals surface area contributed by atoms with E-state index in [0.29, 0.717) is 5.56 Å². The summed E-state index contributed by atoms with van der Waals surface area (Å²) in [5.74, 6) is -0.506. The molecule has 4 rings (SSSR count). The number of aliphatic imine (C=N–C) groups is 1. The van der Waals surface area contributed by atoms with Crippen LogP contribution < -0.4 is 5.73 Å². The maximum Gasteiger partial charge on any atom is 0.239 e. The molecule has 1 fully saturated rings. The molecule has 0 saturated heterocycles. The molecule has 2 aliphatic rings. The minimum absolute atomic E-state index is 0.120. The maximum atomic E-state index is 13.4. The second-order valence-corrected chi connectivity index (χ2v) is 8.31. The molecule has 1 saturated carbocycles. The van der Waals surface area contributed by atoms with Crippen LogP contribution >= 0.6 is 0 Å². The van der Waals surface area contributed by atoms with E-state index in [1.165, 1.54) is 4.90 Å². The number of carbonyl (C=O) groups excluding carboxylic acids is 1. The highest BCUT2D eigenvalue weighted by molar-refractivity contribution is 6.02. The lowest BCUT2D eigenvalue weighted by Gasteiger charge is -2.42. The largest absolute Gasteiger partial charge is 0.374 e. The van der Waals surface area contributed by atoms with E-state index in [2.05, 4.69) is 18.2 Å². The van der Waals surface area contributed by atoms with Crippen molar-refractivity contribution < 1.29 is 9.53 Å². The molecule has 0 radical (unpaired) electrons. The molecule has 2 aromatic rings. The van der Waals surface area contributed by atoms with Crippen molar-refractivity contribution in [3.8, 4) is 6.07 Å². The number of nitrogens with zero attached hydrogens (tertiary/aromatic N) is 3. The first-order valence-corrected chi connectivity index (χ1v) is 10.1. The second kappa shape index (κ2) is 7.26. The van der Waals surface area contributed by atoms with Crippen molar-refractivity contribution in [1.29, 1.82) is 5.26 Å². The van der Waals surface area contributed by atoms with Crippen LogP contribution in [0.1, 0.15) is 54.4 Å². The van der Waals surface area contributed by atoms with E-state index in [-0.39, 0.29) is 17.5 Å². The molecule has 1 heterocycles. The first kappa shape index (κ1) is 20.1. The van der Waals surface area contributed by atoms with E-state index in [4.69, 9.17) is 15.5 Å². The zero-order chi connectivity index (χ0) is 21.5. The smallest absolute Gasteiger partial charge is 0.239 e. The Morgan fingerprint density at radius 3 is 2.47 bits per heavy atom. The topological polar surface area (TPSA) is 91.7 Å². The minimum Gasteiger partial charge on any atom is -0.374 e. The van der Waals surface area contributed by atoms with Gasteiger partial charge in [-0.3, -0.25) is 9.69 Å². The van der Waals surface area contributed by atoms with Gasteiger partial charge in [0.1, 0.15) is 5.54 Å². The molecule has 1 aliphatic carbocycles. The fraction of sp³-hybridized carbons (Fsp3) is 0.375. The fourth-order valence-corrected chi connectivity index (χ4v) is 4.61. The van der Waals surface area contributed by atoms with Gasteiger partial charge in [0.05, 0.1) is 23.2 Å². The van der Waals surface area contributed by atoms with Gasteiger partial charge in [-0.15, -0.1) is 0 Å². The molecule has 0 bridgehead atoms. The Hall–Kier alpha value is -3.17. The van der Waals surface area contributed by atoms with Crippen molar-refractivity contribution in [2.45, 2.75) is 43.2 Å². The molecule has 154 valence electrons. The summed E-state index contributed by atoms with van der Waals surface area (Å²) >= 11 is 0. The first-order chi connectivity index (χ1) is 14.3. The predicted octanol–water partition coefficient (Wildman–Crippen LogP) is 3.37. The summed E-state index contributed by atoms with van der Waals surface area (Å²) in [6, 6.07) is 17.5. The van der Waals surface area contributed by atoms with Crippen molar-refractivity contribution in [3.05, 3.63) is 70.8 Å². The molecular weight excluding hydrogens is 376 g/mol. The molecule has 2 atom stereocenters. The number of nitrogens with two attached hydrogens (primary N) is 1. The highest BCUT2D eigenvalue weighted by Gasteiger charge is 2.47. The zero-order valence-corrected chi connectivity index (χ0v) is 17.6. The monoisotopic (exact) mass is 402 g/mol. The predicted molar refractivity (Wildman–Crippen MR) is 115 cm³/mol. The van der Waals surface area contributed by atoms with Crippen molar-refractivity contribution >= 4 is 11.9 Å². The molecule has 2 N–H and O–H groups in total. The first-order valence-electron chi connectivity index (χ1n) is 10.1. The summed E-state index contributed by atoms with van der Waals surface area (Å²) in [4.78, 5) is 19.5. The minimum atomic E-state index is -0.919. The normalized spacial score (nSPS) is 25.3. The quantitative estimate of drug-likeness (QED) is 0.849. The number of amides is 1. The summed E-state index contributed by atoms with van der Waals surface area (Å²) in [7, 11) is 3.39. The number of benzene rings is 2. The maximum absolute atomic E-state index is 13.4. The lowest BCUT2D eigenvalue weighted by Crippen LogP contribution is -2.52. The van der Waals surface area contributed by atoms with Crippen LogP contribution in [-0.4, -0.2) is 30.9 Å². The van der Waals surface area contributed by atoms with Gasteiger partial charge in [-0.05, 0) is 55.0 Å². The van der Waals surface area contributed by atoms with Gasteiger partial charge < -0.3 is 10.5 Å². The van der Waals surface area contributed by atoms with Crippen LogP contribution in [0.15, 0.2) is 53.5 Å². The average Bonchev–Trinajstić information content (AvgIpc) is 2.73. The molecule has 1 aliphatic heterocycles. The van der Waals surface area contributed by atoms with Gasteiger partial charge in [-0.1, -0.05) is 36.4 Å². The van der Waals surface area contributed by atoms with Crippen LogP contribution in [0, 0.1) is 11.3 Å². The van der Waals surface area contributed by atoms with E-state index in [0.717, 1.165) is 36.0 Å². The Kier molecular flexibility index (Phi) is 4.87. The van der Waals surface area contributed by atoms with Crippen LogP contribution in [0.2, 0.25) is 0 Å². The Balaban J connectivity index is 1.81. The lowest BCUT2D eigenvalue weighted by atomic mass is 9.72. The lowest BCUT2D eigenvalue weighted by molar-refractivity contribution is -0.130. The van der Waals surface area contributed by atoms with Crippen molar-refractivity contribution in [3.63, 3.8) is 0 Å². The van der Waals surface area contributed by atoms with Gasteiger partial charge in [-0.25, -0.2) is 4.99 Å². The number of rotatable bonds is 4. The number of guanidine groups is 1. The van der Waals surface area contributed by atoms with Gasteiger partial charge in [0, 0.05) is 14.2 Å². The van der Waals surface area contributed by atoms with Crippen LogP contribution in [0.4, 0.5) is 0 Å². The van der Waals surface area contributed by atoms with Crippen molar-refractivity contribution in [1.82, 2.24) is 4.90 Å². The molecule has 1 amide bonds. The third-order valence-corrected chi connectivity index (χ3v) is 6.73. The van der Waals surface area contributed by atoms with Gasteiger partial charge in [0.2, 0.25) is 5.91 Å². The van der Waals surface area contributed by atoms with Crippen molar-refractivity contribution in [2.75, 3.05) is 14.2 Å². The number of hydrogen-bond acceptors (Lipinski definition) is 5. The standard InChI is InChI=1S/C24H26N4O2/c1-23(19-7-4-6-16(14-19)15-25)20(21(29)28(2)22(26)27-23)17-8-10-18(11-9-17)24(30-3)12-5-13-24/h4,6-11,14,20H,5,12-13H2,1-3H3,(H2,26,27)/t20-,23-/m1/s1. The van der Waals surface area contributed by atoms with E-state index >= 15 is 0 Å². The molecule has 6 heteroatoms. The summed E-state index contributed by atoms with van der Waals surface area (Å²) in [6.07, 6.45) is 3.17.